The number of rotatable bonds is 6. The van der Waals surface area contributed by atoms with Gasteiger partial charge in [-0.1, -0.05) is 42.0 Å². The molecule has 0 aliphatic carbocycles. The van der Waals surface area contributed by atoms with Gasteiger partial charge in [0.2, 0.25) is 5.91 Å². The second-order valence-electron chi connectivity index (χ2n) is 6.87. The first-order valence-electron chi connectivity index (χ1n) is 9.06. The number of benzene rings is 2. The van der Waals surface area contributed by atoms with Gasteiger partial charge in [-0.2, -0.15) is 0 Å². The van der Waals surface area contributed by atoms with Crippen LogP contribution < -0.4 is 11.1 Å². The Balaban J connectivity index is 1.53. The Morgan fingerprint density at radius 1 is 1.08 bits per heavy atom. The molecule has 0 radical (unpaired) electrons. The van der Waals surface area contributed by atoms with Crippen molar-refractivity contribution in [2.24, 2.45) is 5.73 Å². The average molecular weight is 337 g/mol. The van der Waals surface area contributed by atoms with E-state index >= 15 is 0 Å². The molecule has 1 saturated heterocycles. The Morgan fingerprint density at radius 2 is 1.72 bits per heavy atom. The van der Waals surface area contributed by atoms with Crippen LogP contribution in [0.5, 0.6) is 0 Å². The monoisotopic (exact) mass is 337 g/mol. The molecule has 0 saturated carbocycles. The maximum Gasteiger partial charge on any atom is 0.245 e. The van der Waals surface area contributed by atoms with Gasteiger partial charge in [-0.25, -0.2) is 0 Å². The number of nitrogens with one attached hydrogen (secondary N) is 1. The summed E-state index contributed by atoms with van der Waals surface area (Å²) in [4.78, 5) is 14.8. The highest BCUT2D eigenvalue weighted by Gasteiger charge is 2.16. The summed E-state index contributed by atoms with van der Waals surface area (Å²) < 4.78 is 0. The van der Waals surface area contributed by atoms with Crippen LogP contribution in [-0.2, 0) is 11.2 Å². The maximum atomic E-state index is 12.3. The number of anilines is 1. The normalized spacial score (nSPS) is 15.9. The van der Waals surface area contributed by atoms with Crippen molar-refractivity contribution in [2.75, 3.05) is 25.0 Å². The van der Waals surface area contributed by atoms with Crippen LogP contribution >= 0.6 is 0 Å². The van der Waals surface area contributed by atoms with E-state index in [0.29, 0.717) is 0 Å². The van der Waals surface area contributed by atoms with Gasteiger partial charge in [-0.05, 0) is 62.5 Å². The minimum Gasteiger partial charge on any atom is -0.324 e. The summed E-state index contributed by atoms with van der Waals surface area (Å²) in [7, 11) is 0. The van der Waals surface area contributed by atoms with Gasteiger partial charge in [-0.3, -0.25) is 4.79 Å². The van der Waals surface area contributed by atoms with Crippen LogP contribution in [0.25, 0.3) is 0 Å². The van der Waals surface area contributed by atoms with E-state index in [4.69, 9.17) is 5.73 Å². The summed E-state index contributed by atoms with van der Waals surface area (Å²) >= 11 is 0. The van der Waals surface area contributed by atoms with Crippen LogP contribution in [0.2, 0.25) is 0 Å². The summed E-state index contributed by atoms with van der Waals surface area (Å²) in [5.41, 5.74) is 10.1. The zero-order valence-corrected chi connectivity index (χ0v) is 14.9. The summed E-state index contributed by atoms with van der Waals surface area (Å²) in [6, 6.07) is 15.2. The quantitative estimate of drug-likeness (QED) is 0.850. The third-order valence-electron chi connectivity index (χ3n) is 4.86. The first-order chi connectivity index (χ1) is 12.1. The lowest BCUT2D eigenvalue weighted by atomic mass is 10.1. The van der Waals surface area contributed by atoms with Crippen molar-refractivity contribution in [3.63, 3.8) is 0 Å². The number of amides is 1. The van der Waals surface area contributed by atoms with Gasteiger partial charge in [0.1, 0.15) is 6.04 Å². The van der Waals surface area contributed by atoms with Gasteiger partial charge in [0.15, 0.2) is 0 Å². The highest BCUT2D eigenvalue weighted by atomic mass is 16.2. The number of hydrogen-bond acceptors (Lipinski definition) is 3. The molecule has 1 aliphatic heterocycles. The number of aryl methyl sites for hydroxylation is 1. The van der Waals surface area contributed by atoms with Crippen molar-refractivity contribution < 1.29 is 4.79 Å². The van der Waals surface area contributed by atoms with E-state index in [-0.39, 0.29) is 5.91 Å². The largest absolute Gasteiger partial charge is 0.324 e. The molecule has 3 rings (SSSR count). The predicted octanol–water partition coefficient (Wildman–Crippen LogP) is 3.27. The lowest BCUT2D eigenvalue weighted by molar-refractivity contribution is -0.117. The van der Waals surface area contributed by atoms with Crippen LogP contribution in [0.15, 0.2) is 48.5 Å². The summed E-state index contributed by atoms with van der Waals surface area (Å²) in [5, 5.41) is 2.90. The minimum atomic E-state index is -0.657. The molecule has 0 spiro atoms. The second kappa shape index (κ2) is 8.28. The van der Waals surface area contributed by atoms with Gasteiger partial charge in [0.25, 0.3) is 0 Å². The van der Waals surface area contributed by atoms with Crippen LogP contribution in [0, 0.1) is 6.92 Å². The molecule has 1 aliphatic rings. The third-order valence-corrected chi connectivity index (χ3v) is 4.86. The Labute approximate surface area is 150 Å². The fraction of sp³-hybridized carbons (Fsp3) is 0.381. The zero-order valence-electron chi connectivity index (χ0n) is 14.9. The first-order valence-corrected chi connectivity index (χ1v) is 9.06. The third kappa shape index (κ3) is 4.91. The van der Waals surface area contributed by atoms with E-state index < -0.39 is 6.04 Å². The fourth-order valence-electron chi connectivity index (χ4n) is 3.19. The Hall–Kier alpha value is -2.17. The van der Waals surface area contributed by atoms with Crippen molar-refractivity contribution >= 4 is 11.6 Å². The number of nitrogens with zero attached hydrogens (tertiary/aromatic N) is 1. The fourth-order valence-corrected chi connectivity index (χ4v) is 3.19. The topological polar surface area (TPSA) is 58.4 Å². The molecule has 25 heavy (non-hydrogen) atoms. The molecule has 132 valence electrons. The number of nitrogens with two attached hydrogens (primary N) is 1. The smallest absolute Gasteiger partial charge is 0.245 e. The number of hydrogen-bond donors (Lipinski definition) is 2. The summed E-state index contributed by atoms with van der Waals surface area (Å²) in [6.45, 7) is 5.58. The molecule has 2 aromatic carbocycles. The molecule has 1 atom stereocenters. The summed E-state index contributed by atoms with van der Waals surface area (Å²) in [6.07, 6.45) is 3.70. The van der Waals surface area contributed by atoms with Crippen molar-refractivity contribution in [2.45, 2.75) is 32.2 Å². The Kier molecular flexibility index (Phi) is 5.84. The maximum absolute atomic E-state index is 12.3. The molecule has 4 nitrogen and oxygen atoms in total. The SMILES string of the molecule is Cc1ccc(C(N)C(=O)Nc2ccc(CCN3CCCC3)cc2)cc1. The van der Waals surface area contributed by atoms with E-state index in [9.17, 15) is 4.79 Å². The van der Waals surface area contributed by atoms with E-state index in [1.807, 2.05) is 43.3 Å². The zero-order chi connectivity index (χ0) is 17.6. The second-order valence-corrected chi connectivity index (χ2v) is 6.87. The lowest BCUT2D eigenvalue weighted by Gasteiger charge is -2.15. The van der Waals surface area contributed by atoms with Crippen molar-refractivity contribution in [1.82, 2.24) is 4.90 Å². The van der Waals surface area contributed by atoms with Crippen LogP contribution in [-0.4, -0.2) is 30.4 Å². The number of likely N-dealkylation sites (tertiary alicyclic amines) is 1. The average Bonchev–Trinajstić information content (AvgIpc) is 3.15. The predicted molar refractivity (Wildman–Crippen MR) is 103 cm³/mol. The number of carbonyl (C=O) groups excluding carboxylic acids is 1. The molecule has 1 unspecified atom stereocenters. The lowest BCUT2D eigenvalue weighted by Crippen LogP contribution is -2.27. The molecular weight excluding hydrogens is 310 g/mol. The molecular formula is C21H27N3O. The van der Waals surface area contributed by atoms with Crippen LogP contribution in [0.3, 0.4) is 0 Å². The molecule has 1 amide bonds. The molecule has 1 fully saturated rings. The van der Waals surface area contributed by atoms with Gasteiger partial charge in [0, 0.05) is 12.2 Å². The molecule has 0 aromatic heterocycles. The van der Waals surface area contributed by atoms with Crippen LogP contribution in [0.4, 0.5) is 5.69 Å². The minimum absolute atomic E-state index is 0.186. The Bertz CT molecular complexity index is 688. The highest BCUT2D eigenvalue weighted by Crippen LogP contribution is 2.16. The van der Waals surface area contributed by atoms with Gasteiger partial charge in [-0.15, -0.1) is 0 Å². The van der Waals surface area contributed by atoms with E-state index in [1.54, 1.807) is 0 Å². The Morgan fingerprint density at radius 3 is 2.36 bits per heavy atom. The molecule has 2 aromatic rings. The van der Waals surface area contributed by atoms with E-state index in [1.165, 1.54) is 31.5 Å². The van der Waals surface area contributed by atoms with Crippen molar-refractivity contribution in [3.05, 3.63) is 65.2 Å². The van der Waals surface area contributed by atoms with E-state index in [2.05, 4.69) is 22.3 Å². The highest BCUT2D eigenvalue weighted by molar-refractivity contribution is 5.95. The van der Waals surface area contributed by atoms with Crippen molar-refractivity contribution in [3.8, 4) is 0 Å². The first kappa shape index (κ1) is 17.6. The van der Waals surface area contributed by atoms with E-state index in [0.717, 1.165) is 29.8 Å². The molecule has 0 bridgehead atoms. The molecule has 1 heterocycles. The van der Waals surface area contributed by atoms with Gasteiger partial charge in [0.05, 0.1) is 0 Å². The van der Waals surface area contributed by atoms with Crippen molar-refractivity contribution in [1.29, 1.82) is 0 Å². The molecule has 4 heteroatoms. The van der Waals surface area contributed by atoms with Crippen LogP contribution in [0.1, 0.15) is 35.6 Å². The van der Waals surface area contributed by atoms with Gasteiger partial charge >= 0.3 is 0 Å². The number of carbonyl (C=O) groups is 1. The molecule has 3 N–H and O–H groups in total. The summed E-state index contributed by atoms with van der Waals surface area (Å²) in [5.74, 6) is -0.186. The standard InChI is InChI=1S/C21H27N3O/c1-16-4-8-18(9-5-16)20(22)21(25)23-19-10-6-17(7-11-19)12-15-24-13-2-3-14-24/h4-11,20H,2-3,12-15,22H2,1H3,(H,23,25). The van der Waals surface area contributed by atoms with Gasteiger partial charge < -0.3 is 16.0 Å².